The minimum Gasteiger partial charge on any atom is -0.481 e. The Labute approximate surface area is 132 Å². The van der Waals surface area contributed by atoms with E-state index in [9.17, 15) is 19.5 Å². The summed E-state index contributed by atoms with van der Waals surface area (Å²) in [6, 6.07) is 1.59. The predicted molar refractivity (Wildman–Crippen MR) is 82.0 cm³/mol. The van der Waals surface area contributed by atoms with Gasteiger partial charge >= 0.3 is 11.9 Å². The largest absolute Gasteiger partial charge is 0.481 e. The molecule has 6 nitrogen and oxygen atoms in total. The van der Waals surface area contributed by atoms with Crippen molar-refractivity contribution in [1.29, 1.82) is 0 Å². The maximum absolute atomic E-state index is 12.4. The molecule has 1 saturated carbocycles. The van der Waals surface area contributed by atoms with Gasteiger partial charge in [-0.2, -0.15) is 0 Å². The molecule has 1 aromatic heterocycles. The number of hydrogen-bond acceptors (Lipinski definition) is 5. The number of amides is 1. The third kappa shape index (κ3) is 3.65. The Morgan fingerprint density at radius 2 is 2.00 bits per heavy atom. The maximum atomic E-state index is 12.4. The van der Waals surface area contributed by atoms with Crippen LogP contribution in [-0.2, 0) is 14.3 Å². The van der Waals surface area contributed by atoms with E-state index in [1.807, 2.05) is 0 Å². The number of esters is 1. The number of nitrogens with one attached hydrogen (secondary N) is 1. The lowest BCUT2D eigenvalue weighted by Crippen LogP contribution is -2.36. The van der Waals surface area contributed by atoms with Gasteiger partial charge in [0.15, 0.2) is 0 Å². The van der Waals surface area contributed by atoms with Crippen LogP contribution in [0.1, 0.15) is 43.0 Å². The monoisotopic (exact) mass is 325 g/mol. The molecule has 120 valence electrons. The SMILES string of the molecule is CCOC(=O)c1ccsc1NC(=O)[C@@H]1CCCC[C@@H]1C(=O)O. The second kappa shape index (κ2) is 7.40. The smallest absolute Gasteiger partial charge is 0.341 e. The number of carboxylic acids is 1. The maximum Gasteiger partial charge on any atom is 0.341 e. The molecule has 0 aliphatic heterocycles. The molecule has 1 heterocycles. The number of thiophene rings is 1. The highest BCUT2D eigenvalue weighted by Gasteiger charge is 2.36. The van der Waals surface area contributed by atoms with Crippen molar-refractivity contribution in [1.82, 2.24) is 0 Å². The number of ether oxygens (including phenoxy) is 1. The zero-order chi connectivity index (χ0) is 16.1. The average molecular weight is 325 g/mol. The van der Waals surface area contributed by atoms with Gasteiger partial charge in [0.1, 0.15) is 5.00 Å². The lowest BCUT2D eigenvalue weighted by Gasteiger charge is -2.27. The second-order valence-electron chi connectivity index (χ2n) is 5.21. The molecule has 0 bridgehead atoms. The van der Waals surface area contributed by atoms with Gasteiger partial charge in [-0.25, -0.2) is 4.79 Å². The summed E-state index contributed by atoms with van der Waals surface area (Å²) in [5.41, 5.74) is 0.308. The highest BCUT2D eigenvalue weighted by Crippen LogP contribution is 2.32. The molecule has 0 spiro atoms. The number of aliphatic carboxylic acids is 1. The van der Waals surface area contributed by atoms with Gasteiger partial charge in [0.2, 0.25) is 5.91 Å². The molecular weight excluding hydrogens is 306 g/mol. The van der Waals surface area contributed by atoms with Crippen LogP contribution in [0, 0.1) is 11.8 Å². The van der Waals surface area contributed by atoms with E-state index in [0.29, 0.717) is 23.4 Å². The van der Waals surface area contributed by atoms with E-state index in [1.165, 1.54) is 11.3 Å². The molecule has 1 amide bonds. The molecule has 0 saturated heterocycles. The van der Waals surface area contributed by atoms with E-state index in [0.717, 1.165) is 12.8 Å². The Balaban J connectivity index is 2.10. The second-order valence-corrected chi connectivity index (χ2v) is 6.12. The molecule has 1 aliphatic carbocycles. The molecule has 0 aromatic carbocycles. The Hall–Kier alpha value is -1.89. The quantitative estimate of drug-likeness (QED) is 0.812. The van der Waals surface area contributed by atoms with E-state index in [1.54, 1.807) is 18.4 Å². The third-order valence-electron chi connectivity index (χ3n) is 3.82. The molecular formula is C15H19NO5S. The summed E-state index contributed by atoms with van der Waals surface area (Å²) >= 11 is 1.23. The number of anilines is 1. The Morgan fingerprint density at radius 1 is 1.32 bits per heavy atom. The number of rotatable bonds is 5. The van der Waals surface area contributed by atoms with Crippen LogP contribution in [0.3, 0.4) is 0 Å². The first kappa shape index (κ1) is 16.5. The fourth-order valence-electron chi connectivity index (χ4n) is 2.72. The summed E-state index contributed by atoms with van der Waals surface area (Å²) in [5, 5.41) is 14.1. The summed E-state index contributed by atoms with van der Waals surface area (Å²) in [5.74, 6) is -2.96. The van der Waals surface area contributed by atoms with Crippen molar-refractivity contribution in [2.75, 3.05) is 11.9 Å². The lowest BCUT2D eigenvalue weighted by molar-refractivity contribution is -0.147. The first-order valence-electron chi connectivity index (χ1n) is 7.32. The Bertz CT molecular complexity index is 568. The van der Waals surface area contributed by atoms with Gasteiger partial charge in [-0.1, -0.05) is 12.8 Å². The van der Waals surface area contributed by atoms with Gasteiger partial charge in [-0.3, -0.25) is 9.59 Å². The molecule has 1 aliphatic rings. The summed E-state index contributed by atoms with van der Waals surface area (Å²) < 4.78 is 4.94. The molecule has 2 atom stereocenters. The molecule has 2 N–H and O–H groups in total. The van der Waals surface area contributed by atoms with Gasteiger partial charge in [-0.15, -0.1) is 11.3 Å². The van der Waals surface area contributed by atoms with Gasteiger partial charge < -0.3 is 15.2 Å². The van der Waals surface area contributed by atoms with Gasteiger partial charge in [0.25, 0.3) is 0 Å². The highest BCUT2D eigenvalue weighted by atomic mass is 32.1. The molecule has 2 rings (SSSR count). The normalized spacial score (nSPS) is 21.1. The van der Waals surface area contributed by atoms with Crippen molar-refractivity contribution in [3.05, 3.63) is 17.0 Å². The van der Waals surface area contributed by atoms with Crippen LogP contribution in [-0.4, -0.2) is 29.6 Å². The van der Waals surface area contributed by atoms with Crippen molar-refractivity contribution in [3.8, 4) is 0 Å². The minimum atomic E-state index is -0.934. The lowest BCUT2D eigenvalue weighted by atomic mass is 9.79. The fourth-order valence-corrected chi connectivity index (χ4v) is 3.50. The Kier molecular flexibility index (Phi) is 5.54. The van der Waals surface area contributed by atoms with E-state index in [2.05, 4.69) is 5.32 Å². The zero-order valence-corrected chi connectivity index (χ0v) is 13.1. The van der Waals surface area contributed by atoms with E-state index in [-0.39, 0.29) is 12.5 Å². The van der Waals surface area contributed by atoms with E-state index < -0.39 is 23.8 Å². The minimum absolute atomic E-state index is 0.256. The molecule has 7 heteroatoms. The van der Waals surface area contributed by atoms with Crippen molar-refractivity contribution in [2.45, 2.75) is 32.6 Å². The van der Waals surface area contributed by atoms with E-state index in [4.69, 9.17) is 4.74 Å². The molecule has 22 heavy (non-hydrogen) atoms. The summed E-state index contributed by atoms with van der Waals surface area (Å²) in [7, 11) is 0. The summed E-state index contributed by atoms with van der Waals surface area (Å²) in [6.45, 7) is 1.97. The fraction of sp³-hybridized carbons (Fsp3) is 0.533. The van der Waals surface area contributed by atoms with Crippen LogP contribution in [0.25, 0.3) is 0 Å². The topological polar surface area (TPSA) is 92.7 Å². The van der Waals surface area contributed by atoms with Crippen molar-refractivity contribution in [3.63, 3.8) is 0 Å². The zero-order valence-electron chi connectivity index (χ0n) is 12.3. The van der Waals surface area contributed by atoms with Crippen molar-refractivity contribution < 1.29 is 24.2 Å². The van der Waals surface area contributed by atoms with Crippen molar-refractivity contribution >= 4 is 34.2 Å². The van der Waals surface area contributed by atoms with Crippen molar-refractivity contribution in [2.24, 2.45) is 11.8 Å². The molecule has 1 aromatic rings. The first-order chi connectivity index (χ1) is 10.5. The molecule has 1 fully saturated rings. The predicted octanol–water partition coefficient (Wildman–Crippen LogP) is 2.75. The standard InChI is InChI=1S/C15H19NO5S/c1-2-21-15(20)11-7-8-22-13(11)16-12(17)9-5-3-4-6-10(9)14(18)19/h7-10H,2-6H2,1H3,(H,16,17)(H,18,19)/t9-,10+/m1/s1. The number of carbonyl (C=O) groups is 3. The first-order valence-corrected chi connectivity index (χ1v) is 8.20. The number of carboxylic acid groups (broad SMARTS) is 1. The van der Waals surface area contributed by atoms with Crippen LogP contribution in [0.4, 0.5) is 5.00 Å². The van der Waals surface area contributed by atoms with Crippen LogP contribution < -0.4 is 5.32 Å². The van der Waals surface area contributed by atoms with Crippen LogP contribution in [0.2, 0.25) is 0 Å². The van der Waals surface area contributed by atoms with Gasteiger partial charge in [-0.05, 0) is 31.2 Å². The summed E-state index contributed by atoms with van der Waals surface area (Å²) in [4.78, 5) is 35.5. The summed E-state index contributed by atoms with van der Waals surface area (Å²) in [6.07, 6.45) is 2.75. The van der Waals surface area contributed by atoms with E-state index >= 15 is 0 Å². The average Bonchev–Trinajstić information content (AvgIpc) is 2.95. The van der Waals surface area contributed by atoms with Crippen LogP contribution in [0.15, 0.2) is 11.4 Å². The van der Waals surface area contributed by atoms with Crippen LogP contribution in [0.5, 0.6) is 0 Å². The molecule has 0 radical (unpaired) electrons. The van der Waals surface area contributed by atoms with Crippen LogP contribution >= 0.6 is 11.3 Å². The highest BCUT2D eigenvalue weighted by molar-refractivity contribution is 7.14. The van der Waals surface area contributed by atoms with Gasteiger partial charge in [0, 0.05) is 0 Å². The number of hydrogen-bond donors (Lipinski definition) is 2. The van der Waals surface area contributed by atoms with Gasteiger partial charge in [0.05, 0.1) is 24.0 Å². The number of carbonyl (C=O) groups excluding carboxylic acids is 2. The third-order valence-corrected chi connectivity index (χ3v) is 4.65. The Morgan fingerprint density at radius 3 is 2.64 bits per heavy atom. The molecule has 0 unspecified atom stereocenters.